The smallest absolute Gasteiger partial charge is 0.340 e. The van der Waals surface area contributed by atoms with Crippen LogP contribution in [0.2, 0.25) is 0 Å². The van der Waals surface area contributed by atoms with Crippen LogP contribution in [0.15, 0.2) is 18.2 Å². The summed E-state index contributed by atoms with van der Waals surface area (Å²) in [4.78, 5) is 12.2. The van der Waals surface area contributed by atoms with Crippen molar-refractivity contribution < 1.29 is 14.3 Å². The molecule has 0 radical (unpaired) electrons. The lowest BCUT2D eigenvalue weighted by Gasteiger charge is -2.27. The first kappa shape index (κ1) is 14.7. The van der Waals surface area contributed by atoms with Crippen molar-refractivity contribution >= 4 is 11.7 Å². The molecule has 0 aromatic heterocycles. The zero-order valence-electron chi connectivity index (χ0n) is 12.2. The lowest BCUT2D eigenvalue weighted by atomic mass is 9.86. The Morgan fingerprint density at radius 3 is 2.60 bits per heavy atom. The van der Waals surface area contributed by atoms with Crippen LogP contribution in [0.3, 0.4) is 0 Å². The fourth-order valence-corrected chi connectivity index (χ4v) is 2.71. The normalized spacial score (nSPS) is 22.3. The van der Waals surface area contributed by atoms with E-state index in [4.69, 9.17) is 15.2 Å². The van der Waals surface area contributed by atoms with Crippen molar-refractivity contribution in [2.45, 2.75) is 45.1 Å². The maximum Gasteiger partial charge on any atom is 0.340 e. The van der Waals surface area contributed by atoms with Gasteiger partial charge in [0.1, 0.15) is 11.9 Å². The molecule has 1 aromatic rings. The maximum atomic E-state index is 12.2. The third kappa shape index (κ3) is 3.44. The molecule has 1 aliphatic rings. The number of carbonyl (C=O) groups is 1. The van der Waals surface area contributed by atoms with E-state index in [2.05, 4.69) is 6.92 Å². The van der Waals surface area contributed by atoms with Gasteiger partial charge in [0.15, 0.2) is 0 Å². The van der Waals surface area contributed by atoms with Crippen LogP contribution in [0.1, 0.15) is 49.4 Å². The summed E-state index contributed by atoms with van der Waals surface area (Å²) in [6.45, 7) is 2.22. The van der Waals surface area contributed by atoms with Gasteiger partial charge in [-0.05, 0) is 49.8 Å². The minimum absolute atomic E-state index is 0.0240. The zero-order valence-corrected chi connectivity index (χ0v) is 12.2. The minimum atomic E-state index is -0.346. The molecular formula is C16H23NO3. The van der Waals surface area contributed by atoms with Gasteiger partial charge in [-0.2, -0.15) is 0 Å². The monoisotopic (exact) mass is 277 g/mol. The van der Waals surface area contributed by atoms with Crippen molar-refractivity contribution in [1.29, 1.82) is 0 Å². The molecule has 4 heteroatoms. The van der Waals surface area contributed by atoms with E-state index < -0.39 is 0 Å². The predicted molar refractivity (Wildman–Crippen MR) is 78.9 cm³/mol. The summed E-state index contributed by atoms with van der Waals surface area (Å²) >= 11 is 0. The highest BCUT2D eigenvalue weighted by atomic mass is 16.5. The first-order valence-electron chi connectivity index (χ1n) is 7.28. The summed E-state index contributed by atoms with van der Waals surface area (Å²) in [5, 5.41) is 0. The SMILES string of the molecule is CCC1CCC(OC(=O)c2cc(OC)ccc2N)CC1. The predicted octanol–water partition coefficient (Wildman–Crippen LogP) is 3.40. The van der Waals surface area contributed by atoms with Crippen LogP contribution in [-0.2, 0) is 4.74 Å². The molecule has 1 fully saturated rings. The van der Waals surface area contributed by atoms with Crippen LogP contribution < -0.4 is 10.5 Å². The zero-order chi connectivity index (χ0) is 14.5. The Bertz CT molecular complexity index is 465. The van der Waals surface area contributed by atoms with Gasteiger partial charge in [0, 0.05) is 5.69 Å². The fourth-order valence-electron chi connectivity index (χ4n) is 2.71. The standard InChI is InChI=1S/C16H23NO3/c1-3-11-4-6-12(7-5-11)20-16(18)14-10-13(19-2)8-9-15(14)17/h8-12H,3-7,17H2,1-2H3. The van der Waals surface area contributed by atoms with E-state index in [-0.39, 0.29) is 12.1 Å². The van der Waals surface area contributed by atoms with Crippen LogP contribution in [0, 0.1) is 5.92 Å². The third-order valence-electron chi connectivity index (χ3n) is 4.13. The summed E-state index contributed by atoms with van der Waals surface area (Å²) < 4.78 is 10.7. The van der Waals surface area contributed by atoms with Crippen LogP contribution in [0.25, 0.3) is 0 Å². The summed E-state index contributed by atoms with van der Waals surface area (Å²) in [5.41, 5.74) is 6.66. The van der Waals surface area contributed by atoms with Crippen molar-refractivity contribution in [3.63, 3.8) is 0 Å². The third-order valence-corrected chi connectivity index (χ3v) is 4.13. The number of nitrogen functional groups attached to an aromatic ring is 1. The molecule has 1 aromatic carbocycles. The summed E-state index contributed by atoms with van der Waals surface area (Å²) in [7, 11) is 1.56. The molecule has 0 saturated heterocycles. The highest BCUT2D eigenvalue weighted by Crippen LogP contribution is 2.29. The van der Waals surface area contributed by atoms with E-state index in [1.165, 1.54) is 6.42 Å². The van der Waals surface area contributed by atoms with E-state index in [0.29, 0.717) is 17.0 Å². The van der Waals surface area contributed by atoms with E-state index in [0.717, 1.165) is 31.6 Å². The van der Waals surface area contributed by atoms with Crippen molar-refractivity contribution in [3.05, 3.63) is 23.8 Å². The van der Waals surface area contributed by atoms with E-state index in [1.54, 1.807) is 25.3 Å². The molecule has 2 N–H and O–H groups in total. The number of anilines is 1. The van der Waals surface area contributed by atoms with Crippen molar-refractivity contribution in [2.24, 2.45) is 5.92 Å². The number of hydrogen-bond donors (Lipinski definition) is 1. The molecule has 0 spiro atoms. The van der Waals surface area contributed by atoms with Gasteiger partial charge in [0.05, 0.1) is 12.7 Å². The summed E-state index contributed by atoms with van der Waals surface area (Å²) in [5.74, 6) is 1.05. The topological polar surface area (TPSA) is 61.5 Å². The van der Waals surface area contributed by atoms with Crippen molar-refractivity contribution in [2.75, 3.05) is 12.8 Å². The van der Waals surface area contributed by atoms with Gasteiger partial charge in [0.2, 0.25) is 0 Å². The molecule has 0 aliphatic heterocycles. The first-order valence-corrected chi connectivity index (χ1v) is 7.28. The number of carbonyl (C=O) groups excluding carboxylic acids is 1. The Balaban J connectivity index is 1.98. The summed E-state index contributed by atoms with van der Waals surface area (Å²) in [6, 6.07) is 5.04. The first-order chi connectivity index (χ1) is 9.63. The van der Waals surface area contributed by atoms with Gasteiger partial charge in [-0.15, -0.1) is 0 Å². The van der Waals surface area contributed by atoms with Gasteiger partial charge in [-0.3, -0.25) is 0 Å². The molecule has 0 atom stereocenters. The van der Waals surface area contributed by atoms with E-state index in [1.807, 2.05) is 0 Å². The Morgan fingerprint density at radius 2 is 2.00 bits per heavy atom. The number of methoxy groups -OCH3 is 1. The molecular weight excluding hydrogens is 254 g/mol. The second-order valence-corrected chi connectivity index (χ2v) is 5.41. The Kier molecular flexibility index (Phi) is 4.88. The van der Waals surface area contributed by atoms with Crippen molar-refractivity contribution in [1.82, 2.24) is 0 Å². The van der Waals surface area contributed by atoms with Gasteiger partial charge < -0.3 is 15.2 Å². The van der Waals surface area contributed by atoms with Crippen LogP contribution in [0.5, 0.6) is 5.75 Å². The fraction of sp³-hybridized carbons (Fsp3) is 0.562. The Labute approximate surface area is 120 Å². The second kappa shape index (κ2) is 6.64. The summed E-state index contributed by atoms with van der Waals surface area (Å²) in [6.07, 6.45) is 5.42. The molecule has 0 unspecified atom stereocenters. The molecule has 110 valence electrons. The molecule has 1 aliphatic carbocycles. The molecule has 0 bridgehead atoms. The van der Waals surface area contributed by atoms with Crippen LogP contribution >= 0.6 is 0 Å². The highest BCUT2D eigenvalue weighted by Gasteiger charge is 2.24. The number of benzene rings is 1. The Morgan fingerprint density at radius 1 is 1.30 bits per heavy atom. The Hall–Kier alpha value is -1.71. The average Bonchev–Trinajstić information content (AvgIpc) is 2.48. The van der Waals surface area contributed by atoms with E-state index >= 15 is 0 Å². The molecule has 4 nitrogen and oxygen atoms in total. The van der Waals surface area contributed by atoms with Crippen molar-refractivity contribution in [3.8, 4) is 5.75 Å². The highest BCUT2D eigenvalue weighted by molar-refractivity contribution is 5.95. The maximum absolute atomic E-state index is 12.2. The number of ether oxygens (including phenoxy) is 2. The molecule has 0 heterocycles. The average molecular weight is 277 g/mol. The number of hydrogen-bond acceptors (Lipinski definition) is 4. The largest absolute Gasteiger partial charge is 0.497 e. The lowest BCUT2D eigenvalue weighted by molar-refractivity contribution is 0.0165. The van der Waals surface area contributed by atoms with Gasteiger partial charge >= 0.3 is 5.97 Å². The molecule has 0 amide bonds. The van der Waals surface area contributed by atoms with Gasteiger partial charge in [-0.1, -0.05) is 13.3 Å². The second-order valence-electron chi connectivity index (χ2n) is 5.41. The van der Waals surface area contributed by atoms with Gasteiger partial charge in [0.25, 0.3) is 0 Å². The number of nitrogens with two attached hydrogens (primary N) is 1. The quantitative estimate of drug-likeness (QED) is 0.676. The number of esters is 1. The lowest BCUT2D eigenvalue weighted by Crippen LogP contribution is -2.24. The number of rotatable bonds is 4. The van der Waals surface area contributed by atoms with Crippen LogP contribution in [0.4, 0.5) is 5.69 Å². The van der Waals surface area contributed by atoms with Gasteiger partial charge in [-0.25, -0.2) is 4.79 Å². The molecule has 20 heavy (non-hydrogen) atoms. The van der Waals surface area contributed by atoms with Crippen LogP contribution in [-0.4, -0.2) is 19.2 Å². The molecule has 2 rings (SSSR count). The minimum Gasteiger partial charge on any atom is -0.497 e. The molecule has 1 saturated carbocycles. The van der Waals surface area contributed by atoms with E-state index in [9.17, 15) is 4.79 Å².